The SMILES string of the molecule is CCc1sc(C(=O)NNC(=O)c2ccc(OC)c(S(=O)(=O)NC(C)C)c2)cc1C. The van der Waals surface area contributed by atoms with E-state index in [0.717, 1.165) is 16.9 Å². The van der Waals surface area contributed by atoms with Gasteiger partial charge in [-0.3, -0.25) is 20.4 Å². The Morgan fingerprint density at radius 2 is 1.79 bits per heavy atom. The lowest BCUT2D eigenvalue weighted by Gasteiger charge is -2.14. The van der Waals surface area contributed by atoms with E-state index in [9.17, 15) is 18.0 Å². The van der Waals surface area contributed by atoms with Crippen molar-refractivity contribution in [1.82, 2.24) is 15.6 Å². The Morgan fingerprint density at radius 1 is 1.14 bits per heavy atom. The highest BCUT2D eigenvalue weighted by atomic mass is 32.2. The summed E-state index contributed by atoms with van der Waals surface area (Å²) in [7, 11) is -2.53. The molecule has 0 fully saturated rings. The highest BCUT2D eigenvalue weighted by Gasteiger charge is 2.23. The van der Waals surface area contributed by atoms with Crippen LogP contribution in [0.15, 0.2) is 29.2 Å². The Balaban J connectivity index is 2.18. The van der Waals surface area contributed by atoms with Crippen molar-refractivity contribution < 1.29 is 22.7 Å². The zero-order valence-electron chi connectivity index (χ0n) is 17.0. The molecule has 0 atom stereocenters. The van der Waals surface area contributed by atoms with E-state index in [1.807, 2.05) is 13.8 Å². The summed E-state index contributed by atoms with van der Waals surface area (Å²) in [5.41, 5.74) is 5.76. The van der Waals surface area contributed by atoms with Gasteiger partial charge in [-0.05, 0) is 57.0 Å². The number of benzene rings is 1. The van der Waals surface area contributed by atoms with Crippen LogP contribution in [0.1, 0.15) is 51.2 Å². The number of carbonyl (C=O) groups is 2. The minimum Gasteiger partial charge on any atom is -0.495 e. The van der Waals surface area contributed by atoms with E-state index in [-0.39, 0.29) is 22.3 Å². The molecular weight excluding hydrogens is 414 g/mol. The van der Waals surface area contributed by atoms with E-state index in [0.29, 0.717) is 4.88 Å². The molecule has 8 nitrogen and oxygen atoms in total. The molecule has 29 heavy (non-hydrogen) atoms. The highest BCUT2D eigenvalue weighted by molar-refractivity contribution is 7.89. The van der Waals surface area contributed by atoms with Gasteiger partial charge in [0.05, 0.1) is 12.0 Å². The van der Waals surface area contributed by atoms with Crippen LogP contribution >= 0.6 is 11.3 Å². The summed E-state index contributed by atoms with van der Waals surface area (Å²) in [6, 6.07) is 5.45. The fourth-order valence-corrected chi connectivity index (χ4v) is 5.09. The number of hydrazine groups is 1. The topological polar surface area (TPSA) is 114 Å². The van der Waals surface area contributed by atoms with Gasteiger partial charge in [-0.2, -0.15) is 0 Å². The third-order valence-electron chi connectivity index (χ3n) is 3.96. The van der Waals surface area contributed by atoms with Gasteiger partial charge in [-0.1, -0.05) is 6.92 Å². The number of thiophene rings is 1. The summed E-state index contributed by atoms with van der Waals surface area (Å²) in [6.07, 6.45) is 0.823. The van der Waals surface area contributed by atoms with Crippen LogP contribution in [-0.4, -0.2) is 33.4 Å². The number of aryl methyl sites for hydroxylation is 2. The summed E-state index contributed by atoms with van der Waals surface area (Å²) in [4.78, 5) is 26.1. The third kappa shape index (κ3) is 5.55. The fraction of sp³-hybridized carbons (Fsp3) is 0.368. The van der Waals surface area contributed by atoms with E-state index < -0.39 is 21.8 Å². The van der Waals surface area contributed by atoms with Gasteiger partial charge in [0, 0.05) is 16.5 Å². The van der Waals surface area contributed by atoms with Gasteiger partial charge in [0.15, 0.2) is 0 Å². The van der Waals surface area contributed by atoms with E-state index in [4.69, 9.17) is 4.74 Å². The van der Waals surface area contributed by atoms with Crippen LogP contribution in [0.3, 0.4) is 0 Å². The predicted octanol–water partition coefficient (Wildman–Crippen LogP) is 2.39. The van der Waals surface area contributed by atoms with Gasteiger partial charge < -0.3 is 4.74 Å². The number of amides is 2. The van der Waals surface area contributed by atoms with Crippen molar-refractivity contribution in [3.05, 3.63) is 45.1 Å². The molecule has 0 radical (unpaired) electrons. The number of ether oxygens (including phenoxy) is 1. The maximum atomic E-state index is 12.5. The second-order valence-electron chi connectivity index (χ2n) is 6.62. The van der Waals surface area contributed by atoms with Crippen molar-refractivity contribution in [3.8, 4) is 5.75 Å². The Labute approximate surface area is 174 Å². The number of methoxy groups -OCH3 is 1. The third-order valence-corrected chi connectivity index (χ3v) is 7.02. The Kier molecular flexibility index (Phi) is 7.39. The van der Waals surface area contributed by atoms with Crippen molar-refractivity contribution in [2.45, 2.75) is 45.1 Å². The molecule has 1 heterocycles. The normalized spacial score (nSPS) is 11.4. The number of hydrogen-bond donors (Lipinski definition) is 3. The molecule has 2 rings (SSSR count). The maximum Gasteiger partial charge on any atom is 0.279 e. The largest absolute Gasteiger partial charge is 0.495 e. The first-order valence-electron chi connectivity index (χ1n) is 8.99. The summed E-state index contributed by atoms with van der Waals surface area (Å²) < 4.78 is 32.6. The molecule has 0 bridgehead atoms. The van der Waals surface area contributed by atoms with Gasteiger partial charge in [0.25, 0.3) is 11.8 Å². The minimum absolute atomic E-state index is 0.0619. The van der Waals surface area contributed by atoms with Crippen molar-refractivity contribution in [2.75, 3.05) is 7.11 Å². The molecule has 10 heteroatoms. The number of sulfonamides is 1. The van der Waals surface area contributed by atoms with Crippen LogP contribution in [0.25, 0.3) is 0 Å². The summed E-state index contributed by atoms with van der Waals surface area (Å²) in [5.74, 6) is -0.972. The zero-order chi connectivity index (χ0) is 21.8. The van der Waals surface area contributed by atoms with Gasteiger partial charge in [-0.25, -0.2) is 13.1 Å². The molecule has 0 spiro atoms. The molecule has 0 unspecified atom stereocenters. The molecule has 2 aromatic rings. The highest BCUT2D eigenvalue weighted by Crippen LogP contribution is 2.25. The minimum atomic E-state index is -3.88. The van der Waals surface area contributed by atoms with Crippen molar-refractivity contribution in [2.24, 2.45) is 0 Å². The lowest BCUT2D eigenvalue weighted by Crippen LogP contribution is -2.41. The van der Waals surface area contributed by atoms with E-state index in [1.165, 1.54) is 36.6 Å². The van der Waals surface area contributed by atoms with Crippen molar-refractivity contribution in [1.29, 1.82) is 0 Å². The Hall–Kier alpha value is -2.43. The summed E-state index contributed by atoms with van der Waals surface area (Å²) >= 11 is 1.36. The first-order valence-corrected chi connectivity index (χ1v) is 11.3. The average Bonchev–Trinajstić information content (AvgIpc) is 3.05. The number of rotatable bonds is 7. The van der Waals surface area contributed by atoms with Crippen LogP contribution in [0, 0.1) is 6.92 Å². The van der Waals surface area contributed by atoms with Gasteiger partial charge in [0.2, 0.25) is 10.0 Å². The van der Waals surface area contributed by atoms with Crippen LogP contribution in [-0.2, 0) is 16.4 Å². The second kappa shape index (κ2) is 9.38. The lowest BCUT2D eigenvalue weighted by atomic mass is 10.2. The molecule has 158 valence electrons. The van der Waals surface area contributed by atoms with Crippen LogP contribution in [0.5, 0.6) is 5.75 Å². The smallest absolute Gasteiger partial charge is 0.279 e. The second-order valence-corrected chi connectivity index (χ2v) is 9.44. The van der Waals surface area contributed by atoms with Gasteiger partial charge >= 0.3 is 0 Å². The molecule has 0 aliphatic rings. The molecule has 1 aromatic heterocycles. The number of carbonyl (C=O) groups excluding carboxylic acids is 2. The first kappa shape index (κ1) is 22.9. The molecular formula is C19H25N3O5S2. The lowest BCUT2D eigenvalue weighted by molar-refractivity contribution is 0.0848. The molecule has 0 saturated carbocycles. The van der Waals surface area contributed by atoms with E-state index in [2.05, 4.69) is 15.6 Å². The van der Waals surface area contributed by atoms with Crippen molar-refractivity contribution >= 4 is 33.2 Å². The number of hydrogen-bond acceptors (Lipinski definition) is 6. The average molecular weight is 440 g/mol. The molecule has 1 aromatic carbocycles. The van der Waals surface area contributed by atoms with E-state index in [1.54, 1.807) is 19.9 Å². The summed E-state index contributed by atoms with van der Waals surface area (Å²) in [6.45, 7) is 7.31. The van der Waals surface area contributed by atoms with Gasteiger partial charge in [0.1, 0.15) is 10.6 Å². The first-order chi connectivity index (χ1) is 13.6. The van der Waals surface area contributed by atoms with E-state index >= 15 is 0 Å². The zero-order valence-corrected chi connectivity index (χ0v) is 18.6. The standard InChI is InChI=1S/C19H25N3O5S2/c1-6-15-12(4)9-16(28-15)19(24)21-20-18(23)13-7-8-14(27-5)17(10-13)29(25,26)22-11(2)3/h7-11,22H,6H2,1-5H3,(H,20,23)(H,21,24). The number of nitrogens with one attached hydrogen (secondary N) is 3. The Morgan fingerprint density at radius 3 is 2.34 bits per heavy atom. The molecule has 0 saturated heterocycles. The molecule has 2 amide bonds. The van der Waals surface area contributed by atoms with Crippen LogP contribution in [0.2, 0.25) is 0 Å². The molecule has 0 aliphatic heterocycles. The van der Waals surface area contributed by atoms with Crippen molar-refractivity contribution in [3.63, 3.8) is 0 Å². The molecule has 0 aliphatic carbocycles. The maximum absolute atomic E-state index is 12.5. The monoisotopic (exact) mass is 439 g/mol. The van der Waals surface area contributed by atoms with Gasteiger partial charge in [-0.15, -0.1) is 11.3 Å². The predicted molar refractivity (Wildman–Crippen MR) is 112 cm³/mol. The molecule has 3 N–H and O–H groups in total. The van der Waals surface area contributed by atoms with Crippen LogP contribution < -0.4 is 20.3 Å². The van der Waals surface area contributed by atoms with Crippen LogP contribution in [0.4, 0.5) is 0 Å². The Bertz CT molecular complexity index is 1010. The quantitative estimate of drug-likeness (QED) is 0.573. The fourth-order valence-electron chi connectivity index (χ4n) is 2.63. The summed E-state index contributed by atoms with van der Waals surface area (Å²) in [5, 5.41) is 0.